The molecule has 1 saturated heterocycles. The minimum atomic E-state index is -0.607. The van der Waals surface area contributed by atoms with E-state index in [1.165, 1.54) is 35.3 Å². The highest BCUT2D eigenvalue weighted by Gasteiger charge is 2.61. The fourth-order valence-corrected chi connectivity index (χ4v) is 4.80. The Balaban J connectivity index is 1.75. The second-order valence-electron chi connectivity index (χ2n) is 7.11. The highest BCUT2D eigenvalue weighted by molar-refractivity contribution is 6.34. The highest BCUT2D eigenvalue weighted by atomic mass is 35.5. The largest absolute Gasteiger partial charge is 0.465 e. The number of fused-ring (bicyclic) bond motifs is 5. The molecule has 2 bridgehead atoms. The van der Waals surface area contributed by atoms with Crippen LogP contribution in [0.15, 0.2) is 41.5 Å². The van der Waals surface area contributed by atoms with Crippen molar-refractivity contribution >= 4 is 35.1 Å². The van der Waals surface area contributed by atoms with Crippen LogP contribution in [0, 0.1) is 23.7 Å². The second-order valence-corrected chi connectivity index (χ2v) is 7.52. The lowest BCUT2D eigenvalue weighted by Gasteiger charge is -2.20. The number of benzene rings is 1. The Morgan fingerprint density at radius 1 is 1.08 bits per heavy atom. The van der Waals surface area contributed by atoms with E-state index in [1.807, 2.05) is 26.0 Å². The van der Waals surface area contributed by atoms with E-state index in [-0.39, 0.29) is 46.1 Å². The van der Waals surface area contributed by atoms with Crippen molar-refractivity contribution in [3.63, 3.8) is 0 Å². The first-order chi connectivity index (χ1) is 12.4. The fourth-order valence-electron chi connectivity index (χ4n) is 4.60. The van der Waals surface area contributed by atoms with Gasteiger partial charge in [-0.25, -0.2) is 9.69 Å². The molecule has 2 fully saturated rings. The van der Waals surface area contributed by atoms with Gasteiger partial charge in [-0.2, -0.15) is 0 Å². The van der Waals surface area contributed by atoms with Gasteiger partial charge in [0, 0.05) is 11.8 Å². The third-order valence-electron chi connectivity index (χ3n) is 5.61. The topological polar surface area (TPSA) is 63.7 Å². The zero-order valence-electron chi connectivity index (χ0n) is 14.7. The first-order valence-corrected chi connectivity index (χ1v) is 8.86. The van der Waals surface area contributed by atoms with Crippen molar-refractivity contribution in [2.24, 2.45) is 23.7 Å². The molecule has 26 heavy (non-hydrogen) atoms. The van der Waals surface area contributed by atoms with E-state index in [2.05, 4.69) is 0 Å². The van der Waals surface area contributed by atoms with Crippen LogP contribution < -0.4 is 4.90 Å². The Morgan fingerprint density at radius 2 is 1.65 bits per heavy atom. The van der Waals surface area contributed by atoms with Crippen molar-refractivity contribution in [3.8, 4) is 0 Å². The van der Waals surface area contributed by atoms with Crippen LogP contribution in [-0.2, 0) is 14.3 Å². The SMILES string of the molecule is COC(=O)c1cc(N2C(=O)[C@@H]3[C@@H](C2=O)[C@H]2C=C[C@H]3C2=C(C)C)ccc1Cl. The number of carbonyl (C=O) groups is 3. The summed E-state index contributed by atoms with van der Waals surface area (Å²) in [5.74, 6) is -1.78. The van der Waals surface area contributed by atoms with Gasteiger partial charge in [0.15, 0.2) is 0 Å². The maximum Gasteiger partial charge on any atom is 0.339 e. The van der Waals surface area contributed by atoms with Crippen LogP contribution in [0.4, 0.5) is 5.69 Å². The average molecular weight is 372 g/mol. The molecular formula is C20H18ClNO4. The normalized spacial score (nSPS) is 28.8. The van der Waals surface area contributed by atoms with Gasteiger partial charge >= 0.3 is 5.97 Å². The summed E-state index contributed by atoms with van der Waals surface area (Å²) in [6.07, 6.45) is 4.09. The zero-order chi connectivity index (χ0) is 18.7. The van der Waals surface area contributed by atoms with Gasteiger partial charge in [0.2, 0.25) is 11.8 Å². The number of carbonyl (C=O) groups excluding carboxylic acids is 3. The third kappa shape index (κ3) is 2.13. The molecule has 1 aromatic rings. The molecule has 0 radical (unpaired) electrons. The van der Waals surface area contributed by atoms with Crippen molar-refractivity contribution in [2.45, 2.75) is 13.8 Å². The summed E-state index contributed by atoms with van der Waals surface area (Å²) >= 11 is 6.05. The van der Waals surface area contributed by atoms with Gasteiger partial charge < -0.3 is 4.74 Å². The number of esters is 1. The van der Waals surface area contributed by atoms with E-state index in [4.69, 9.17) is 16.3 Å². The third-order valence-corrected chi connectivity index (χ3v) is 5.94. The van der Waals surface area contributed by atoms with Crippen LogP contribution >= 0.6 is 11.6 Å². The number of methoxy groups -OCH3 is 1. The Kier molecular flexibility index (Phi) is 3.81. The van der Waals surface area contributed by atoms with Gasteiger partial charge in [-0.05, 0) is 32.0 Å². The summed E-state index contributed by atoms with van der Waals surface area (Å²) in [6, 6.07) is 4.54. The molecule has 6 heteroatoms. The van der Waals surface area contributed by atoms with E-state index in [0.717, 1.165) is 0 Å². The van der Waals surface area contributed by atoms with Crippen LogP contribution in [0.25, 0.3) is 0 Å². The molecule has 1 aliphatic heterocycles. The Hall–Kier alpha value is -2.40. The van der Waals surface area contributed by atoms with Crippen molar-refractivity contribution in [2.75, 3.05) is 12.0 Å². The smallest absolute Gasteiger partial charge is 0.339 e. The van der Waals surface area contributed by atoms with Crippen molar-refractivity contribution in [3.05, 3.63) is 52.1 Å². The summed E-state index contributed by atoms with van der Waals surface area (Å²) < 4.78 is 4.72. The van der Waals surface area contributed by atoms with Crippen molar-refractivity contribution in [1.29, 1.82) is 0 Å². The predicted octanol–water partition coefficient (Wildman–Crippen LogP) is 3.38. The van der Waals surface area contributed by atoms with Gasteiger partial charge in [-0.15, -0.1) is 0 Å². The Labute approximate surface area is 156 Å². The molecule has 1 aromatic carbocycles. The van der Waals surface area contributed by atoms with Crippen LogP contribution in [-0.4, -0.2) is 24.9 Å². The molecule has 1 heterocycles. The maximum absolute atomic E-state index is 13.1. The predicted molar refractivity (Wildman–Crippen MR) is 96.8 cm³/mol. The standard InChI is InChI=1S/C20H18ClNO4/c1-9(2)15-11-5-6-12(15)17-16(11)18(23)22(19(17)24)10-4-7-14(21)13(8-10)20(25)26-3/h4-8,11-12,16-17H,1-3H3/t11-,12-,16-,17-/m0/s1. The number of allylic oxidation sites excluding steroid dienone is 4. The van der Waals surface area contributed by atoms with Gasteiger partial charge in [0.1, 0.15) is 0 Å². The molecule has 4 rings (SSSR count). The number of hydrogen-bond donors (Lipinski definition) is 0. The second kappa shape index (κ2) is 5.81. The van der Waals surface area contributed by atoms with Crippen molar-refractivity contribution < 1.29 is 19.1 Å². The Bertz CT molecular complexity index is 878. The number of amides is 2. The first kappa shape index (κ1) is 17.0. The lowest BCUT2D eigenvalue weighted by Crippen LogP contribution is -2.33. The molecule has 134 valence electrons. The summed E-state index contributed by atoms with van der Waals surface area (Å²) in [5.41, 5.74) is 2.87. The summed E-state index contributed by atoms with van der Waals surface area (Å²) in [6.45, 7) is 4.05. The zero-order valence-corrected chi connectivity index (χ0v) is 15.4. The summed E-state index contributed by atoms with van der Waals surface area (Å²) in [5, 5.41) is 0.216. The number of halogens is 1. The lowest BCUT2D eigenvalue weighted by molar-refractivity contribution is -0.122. The first-order valence-electron chi connectivity index (χ1n) is 8.48. The van der Waals surface area contributed by atoms with E-state index >= 15 is 0 Å². The van der Waals surface area contributed by atoms with E-state index < -0.39 is 5.97 Å². The van der Waals surface area contributed by atoms with Crippen LogP contribution in [0.3, 0.4) is 0 Å². The summed E-state index contributed by atoms with van der Waals surface area (Å²) in [7, 11) is 1.26. The number of anilines is 1. The lowest BCUT2D eigenvalue weighted by atomic mass is 9.85. The fraction of sp³-hybridized carbons (Fsp3) is 0.350. The molecule has 0 aromatic heterocycles. The van der Waals surface area contributed by atoms with Crippen molar-refractivity contribution in [1.82, 2.24) is 0 Å². The molecule has 3 aliphatic rings. The molecule has 0 N–H and O–H groups in total. The van der Waals surface area contributed by atoms with Gasteiger partial charge in [0.05, 0.1) is 35.2 Å². The van der Waals surface area contributed by atoms with Crippen LogP contribution in [0.2, 0.25) is 5.02 Å². The average Bonchev–Trinajstić information content (AvgIpc) is 3.25. The number of hydrogen-bond acceptors (Lipinski definition) is 4. The highest BCUT2D eigenvalue weighted by Crippen LogP contribution is 2.57. The quantitative estimate of drug-likeness (QED) is 0.454. The van der Waals surface area contributed by atoms with E-state index in [1.54, 1.807) is 6.07 Å². The van der Waals surface area contributed by atoms with Gasteiger partial charge in [-0.3, -0.25) is 9.59 Å². The molecule has 0 spiro atoms. The molecular weight excluding hydrogens is 354 g/mol. The maximum atomic E-state index is 13.1. The minimum absolute atomic E-state index is 0.0103. The number of ether oxygens (including phenoxy) is 1. The monoisotopic (exact) mass is 371 g/mol. The molecule has 0 unspecified atom stereocenters. The van der Waals surface area contributed by atoms with E-state index in [0.29, 0.717) is 5.69 Å². The van der Waals surface area contributed by atoms with E-state index in [9.17, 15) is 14.4 Å². The number of imide groups is 1. The van der Waals surface area contributed by atoms with Crippen LogP contribution in [0.5, 0.6) is 0 Å². The number of nitrogens with zero attached hydrogens (tertiary/aromatic N) is 1. The molecule has 2 amide bonds. The molecule has 2 aliphatic carbocycles. The summed E-state index contributed by atoms with van der Waals surface area (Å²) in [4.78, 5) is 39.3. The minimum Gasteiger partial charge on any atom is -0.465 e. The van der Waals surface area contributed by atoms with Crippen LogP contribution in [0.1, 0.15) is 24.2 Å². The Morgan fingerprint density at radius 3 is 2.15 bits per heavy atom. The molecule has 5 nitrogen and oxygen atoms in total. The van der Waals surface area contributed by atoms with Gasteiger partial charge in [-0.1, -0.05) is 34.9 Å². The number of rotatable bonds is 2. The molecule has 1 saturated carbocycles. The molecule has 4 atom stereocenters. The van der Waals surface area contributed by atoms with Gasteiger partial charge in [0.25, 0.3) is 0 Å².